The summed E-state index contributed by atoms with van der Waals surface area (Å²) in [6, 6.07) is 5.18. The van der Waals surface area contributed by atoms with Crippen molar-refractivity contribution in [1.29, 1.82) is 0 Å². The van der Waals surface area contributed by atoms with E-state index in [1.54, 1.807) is 34.1 Å². The number of piperazine rings is 1. The summed E-state index contributed by atoms with van der Waals surface area (Å²) in [6.45, 7) is 11.6. The fraction of sp³-hybridized carbons (Fsp3) is 0.600. The lowest BCUT2D eigenvalue weighted by atomic mass is 10.2. The lowest BCUT2D eigenvalue weighted by Gasteiger charge is -2.37. The number of aliphatic hydroxyl groups is 1. The minimum absolute atomic E-state index is 0.0236. The number of hydrogen-bond acceptors (Lipinski definition) is 5. The molecule has 2 aliphatic heterocycles. The Kier molecular flexibility index (Phi) is 10.2. The molecule has 0 radical (unpaired) electrons. The number of halogens is 2. The molecule has 2 aliphatic rings. The van der Waals surface area contributed by atoms with Gasteiger partial charge in [-0.15, -0.1) is 0 Å². The van der Waals surface area contributed by atoms with Gasteiger partial charge in [0.05, 0.1) is 16.1 Å². The number of β-amino-alcohol motifs (C(OH)–C–C–N with tert-alkyl or cyclic N) is 1. The first-order chi connectivity index (χ1) is 16.2. The van der Waals surface area contributed by atoms with Crippen molar-refractivity contribution in [2.24, 2.45) is 5.92 Å². The molecule has 1 unspecified atom stereocenters. The van der Waals surface area contributed by atoms with Gasteiger partial charge in [0.25, 0.3) is 0 Å². The predicted octanol–water partition coefficient (Wildman–Crippen LogP) is 2.70. The highest BCUT2D eigenvalue weighted by Crippen LogP contribution is 2.23. The Hall–Kier alpha value is -1.64. The zero-order chi connectivity index (χ0) is 24.7. The molecule has 0 spiro atoms. The average Bonchev–Trinajstić information content (AvgIpc) is 2.97. The molecule has 0 bridgehead atoms. The number of nitrogens with zero attached hydrogens (tertiary/aromatic N) is 4. The molecule has 7 nitrogen and oxygen atoms in total. The van der Waals surface area contributed by atoms with Gasteiger partial charge < -0.3 is 19.8 Å². The highest BCUT2D eigenvalue weighted by molar-refractivity contribution is 6.42. The fourth-order valence-electron chi connectivity index (χ4n) is 4.45. The van der Waals surface area contributed by atoms with Crippen LogP contribution in [0.25, 0.3) is 6.08 Å². The first-order valence-electron chi connectivity index (χ1n) is 12.0. The van der Waals surface area contributed by atoms with Crippen LogP contribution < -0.4 is 0 Å². The molecule has 9 heteroatoms. The van der Waals surface area contributed by atoms with Crippen LogP contribution in [0.2, 0.25) is 10.0 Å². The van der Waals surface area contributed by atoms with Crippen molar-refractivity contribution >= 4 is 41.1 Å². The van der Waals surface area contributed by atoms with E-state index < -0.39 is 6.10 Å². The highest BCUT2D eigenvalue weighted by atomic mass is 35.5. The molecule has 188 valence electrons. The molecule has 34 heavy (non-hydrogen) atoms. The normalized spacial score (nSPS) is 19.8. The summed E-state index contributed by atoms with van der Waals surface area (Å²) in [5.41, 5.74) is 0.781. The Balaban J connectivity index is 1.45. The monoisotopic (exact) mass is 510 g/mol. The molecule has 2 saturated heterocycles. The molecule has 0 aliphatic carbocycles. The van der Waals surface area contributed by atoms with E-state index in [1.165, 1.54) is 6.08 Å². The molecule has 2 heterocycles. The van der Waals surface area contributed by atoms with Gasteiger partial charge in [0.1, 0.15) is 0 Å². The van der Waals surface area contributed by atoms with Gasteiger partial charge in [-0.3, -0.25) is 14.5 Å². The summed E-state index contributed by atoms with van der Waals surface area (Å²) >= 11 is 12.0. The maximum atomic E-state index is 12.7. The van der Waals surface area contributed by atoms with E-state index in [2.05, 4.69) is 23.6 Å². The van der Waals surface area contributed by atoms with Crippen LogP contribution in [-0.2, 0) is 9.59 Å². The molecular formula is C25H36Cl2N4O3. The van der Waals surface area contributed by atoms with Crippen molar-refractivity contribution in [3.63, 3.8) is 0 Å². The van der Waals surface area contributed by atoms with Crippen LogP contribution in [0.15, 0.2) is 24.3 Å². The van der Waals surface area contributed by atoms with Crippen molar-refractivity contribution in [3.05, 3.63) is 39.9 Å². The largest absolute Gasteiger partial charge is 0.390 e. The summed E-state index contributed by atoms with van der Waals surface area (Å²) in [5, 5.41) is 11.5. The predicted molar refractivity (Wildman–Crippen MR) is 137 cm³/mol. The number of carbonyl (C=O) groups excluding carboxylic acids is 2. The lowest BCUT2D eigenvalue weighted by molar-refractivity contribution is -0.131. The van der Waals surface area contributed by atoms with Crippen LogP contribution in [0.5, 0.6) is 0 Å². The van der Waals surface area contributed by atoms with E-state index >= 15 is 0 Å². The van der Waals surface area contributed by atoms with E-state index in [-0.39, 0.29) is 18.2 Å². The maximum Gasteiger partial charge on any atom is 0.246 e. The van der Waals surface area contributed by atoms with Crippen LogP contribution in [0, 0.1) is 5.92 Å². The lowest BCUT2D eigenvalue weighted by Crippen LogP contribution is -2.51. The molecule has 1 N–H and O–H groups in total. The van der Waals surface area contributed by atoms with Crippen LogP contribution in [0.1, 0.15) is 25.8 Å². The second-order valence-corrected chi connectivity index (χ2v) is 10.4. The number of benzene rings is 1. The molecule has 2 amide bonds. The fourth-order valence-corrected chi connectivity index (χ4v) is 4.76. The zero-order valence-electron chi connectivity index (χ0n) is 20.1. The van der Waals surface area contributed by atoms with Gasteiger partial charge in [0, 0.05) is 77.9 Å². The third kappa shape index (κ3) is 8.24. The van der Waals surface area contributed by atoms with Crippen molar-refractivity contribution in [2.45, 2.75) is 26.4 Å². The van der Waals surface area contributed by atoms with E-state index in [4.69, 9.17) is 23.2 Å². The average molecular weight is 511 g/mol. The van der Waals surface area contributed by atoms with Gasteiger partial charge in [-0.05, 0) is 29.7 Å². The van der Waals surface area contributed by atoms with Crippen LogP contribution in [-0.4, -0.2) is 108 Å². The van der Waals surface area contributed by atoms with Crippen LogP contribution in [0.4, 0.5) is 0 Å². The molecule has 3 rings (SSSR count). The third-order valence-corrected chi connectivity index (χ3v) is 6.99. The topological polar surface area (TPSA) is 67.3 Å². The SMILES string of the molecule is CC(C)CN1CCN(CC(O)CN2CCN(C(=O)/C=C/c3ccc(Cl)c(Cl)c3)CCC2=O)CC1. The number of amides is 2. The van der Waals surface area contributed by atoms with Crippen molar-refractivity contribution in [1.82, 2.24) is 19.6 Å². The Bertz CT molecular complexity index is 872. The second-order valence-electron chi connectivity index (χ2n) is 9.57. The van der Waals surface area contributed by atoms with Gasteiger partial charge in [0.2, 0.25) is 11.8 Å². The first-order valence-corrected chi connectivity index (χ1v) is 12.8. The van der Waals surface area contributed by atoms with Crippen LogP contribution >= 0.6 is 23.2 Å². The number of hydrogen-bond donors (Lipinski definition) is 1. The minimum atomic E-state index is -0.600. The minimum Gasteiger partial charge on any atom is -0.390 e. The molecule has 1 aromatic rings. The zero-order valence-corrected chi connectivity index (χ0v) is 21.6. The molecule has 2 fully saturated rings. The number of rotatable bonds is 8. The van der Waals surface area contributed by atoms with E-state index in [0.29, 0.717) is 48.7 Å². The second kappa shape index (κ2) is 12.9. The van der Waals surface area contributed by atoms with Crippen molar-refractivity contribution in [2.75, 3.05) is 65.4 Å². The third-order valence-electron chi connectivity index (χ3n) is 6.25. The van der Waals surface area contributed by atoms with Gasteiger partial charge in [-0.25, -0.2) is 0 Å². The summed E-state index contributed by atoms with van der Waals surface area (Å²) in [7, 11) is 0. The Morgan fingerprint density at radius 3 is 2.29 bits per heavy atom. The number of carbonyl (C=O) groups is 2. The van der Waals surface area contributed by atoms with E-state index in [0.717, 1.165) is 38.3 Å². The summed E-state index contributed by atoms with van der Waals surface area (Å²) < 4.78 is 0. The molecule has 1 atom stereocenters. The summed E-state index contributed by atoms with van der Waals surface area (Å²) in [6.07, 6.45) is 2.84. The smallest absolute Gasteiger partial charge is 0.246 e. The summed E-state index contributed by atoms with van der Waals surface area (Å²) in [5.74, 6) is 0.481. The first kappa shape index (κ1) is 27.0. The Morgan fingerprint density at radius 2 is 1.65 bits per heavy atom. The standard InChI is InChI=1S/C25H36Cl2N4O3/c1-19(2)16-28-9-11-29(12-10-28)17-21(32)18-31-14-13-30(8-7-25(31)34)24(33)6-4-20-3-5-22(26)23(27)15-20/h3-6,15,19,21,32H,7-14,16-18H2,1-2H3/b6-4+. The van der Waals surface area contributed by atoms with Gasteiger partial charge >= 0.3 is 0 Å². The van der Waals surface area contributed by atoms with Gasteiger partial charge in [0.15, 0.2) is 0 Å². The van der Waals surface area contributed by atoms with Crippen LogP contribution in [0.3, 0.4) is 0 Å². The maximum absolute atomic E-state index is 12.7. The van der Waals surface area contributed by atoms with Gasteiger partial charge in [-0.1, -0.05) is 43.1 Å². The van der Waals surface area contributed by atoms with Crippen molar-refractivity contribution in [3.8, 4) is 0 Å². The molecule has 0 saturated carbocycles. The van der Waals surface area contributed by atoms with Crippen molar-refractivity contribution < 1.29 is 14.7 Å². The quantitative estimate of drug-likeness (QED) is 0.544. The van der Waals surface area contributed by atoms with Gasteiger partial charge in [-0.2, -0.15) is 0 Å². The van der Waals surface area contributed by atoms with E-state index in [9.17, 15) is 14.7 Å². The molecule has 1 aromatic carbocycles. The summed E-state index contributed by atoms with van der Waals surface area (Å²) in [4.78, 5) is 33.4. The Labute approximate surface area is 212 Å². The highest BCUT2D eigenvalue weighted by Gasteiger charge is 2.26. The number of aliphatic hydroxyl groups excluding tert-OH is 1. The molecular weight excluding hydrogens is 475 g/mol. The van der Waals surface area contributed by atoms with E-state index in [1.807, 2.05) is 0 Å². The Morgan fingerprint density at radius 1 is 0.971 bits per heavy atom. The molecule has 0 aromatic heterocycles.